The Morgan fingerprint density at radius 3 is 1.77 bits per heavy atom. The van der Waals surface area contributed by atoms with E-state index in [9.17, 15) is 14.4 Å². The lowest BCUT2D eigenvalue weighted by Crippen LogP contribution is -2.33. The van der Waals surface area contributed by atoms with E-state index in [4.69, 9.17) is 9.47 Å². The van der Waals surface area contributed by atoms with Gasteiger partial charge in [0.2, 0.25) is 5.91 Å². The molecule has 0 atom stereocenters. The summed E-state index contributed by atoms with van der Waals surface area (Å²) in [5, 5.41) is 14.1. The molecule has 0 spiro atoms. The third kappa shape index (κ3) is 25.1. The van der Waals surface area contributed by atoms with E-state index in [1.165, 1.54) is 0 Å². The third-order valence-corrected chi connectivity index (χ3v) is 6.24. The highest BCUT2D eigenvalue weighted by Crippen LogP contribution is 2.24. The van der Waals surface area contributed by atoms with Gasteiger partial charge in [0.15, 0.2) is 0 Å². The molecule has 0 bridgehead atoms. The molecule has 0 fully saturated rings. The minimum Gasteiger partial charge on any atom is -0.490 e. The van der Waals surface area contributed by atoms with E-state index in [1.54, 1.807) is 66.8 Å². The van der Waals surface area contributed by atoms with Crippen molar-refractivity contribution in [1.29, 1.82) is 0 Å². The first kappa shape index (κ1) is 55.2. The fourth-order valence-corrected chi connectivity index (χ4v) is 3.60. The maximum Gasteiger partial charge on any atom is 0.311 e. The molecule has 53 heavy (non-hydrogen) atoms. The molecule has 2 aromatic carbocycles. The summed E-state index contributed by atoms with van der Waals surface area (Å²) in [6.45, 7) is 37.3. The van der Waals surface area contributed by atoms with Gasteiger partial charge >= 0.3 is 5.97 Å². The molecule has 2 amide bonds. The first-order chi connectivity index (χ1) is 25.2. The average Bonchev–Trinajstić information content (AvgIpc) is 3.17. The van der Waals surface area contributed by atoms with Gasteiger partial charge in [-0.25, -0.2) is 0 Å². The Kier molecular flexibility index (Phi) is 34.7. The minimum absolute atomic E-state index is 0.123. The van der Waals surface area contributed by atoms with Crippen molar-refractivity contribution in [2.24, 2.45) is 21.1 Å². The first-order valence-electron chi connectivity index (χ1n) is 19.3. The molecular formula is C44H74N4O5. The summed E-state index contributed by atoms with van der Waals surface area (Å²) >= 11 is 0. The predicted molar refractivity (Wildman–Crippen MR) is 227 cm³/mol. The maximum atomic E-state index is 12.7. The number of ether oxygens (including phenoxy) is 2. The quantitative estimate of drug-likeness (QED) is 0.0865. The summed E-state index contributed by atoms with van der Waals surface area (Å²) in [5.74, 6) is -0.0535. The van der Waals surface area contributed by atoms with Crippen LogP contribution in [0.4, 0.5) is 11.4 Å². The Morgan fingerprint density at radius 2 is 1.30 bits per heavy atom. The second kappa shape index (κ2) is 33.3. The van der Waals surface area contributed by atoms with Crippen molar-refractivity contribution in [2.75, 3.05) is 18.5 Å². The molecule has 9 nitrogen and oxygen atoms in total. The van der Waals surface area contributed by atoms with Gasteiger partial charge in [0.25, 0.3) is 5.91 Å². The molecule has 0 saturated heterocycles. The van der Waals surface area contributed by atoms with Crippen molar-refractivity contribution in [3.8, 4) is 5.75 Å². The van der Waals surface area contributed by atoms with Crippen LogP contribution in [0.5, 0.6) is 5.75 Å². The third-order valence-electron chi connectivity index (χ3n) is 6.24. The van der Waals surface area contributed by atoms with Gasteiger partial charge < -0.3 is 20.1 Å². The summed E-state index contributed by atoms with van der Waals surface area (Å²) in [6, 6.07) is 13.7. The van der Waals surface area contributed by atoms with Crippen LogP contribution in [0.1, 0.15) is 141 Å². The van der Waals surface area contributed by atoms with Crippen LogP contribution >= 0.6 is 0 Å². The fourth-order valence-electron chi connectivity index (χ4n) is 3.60. The van der Waals surface area contributed by atoms with Gasteiger partial charge in [0.1, 0.15) is 19.0 Å². The summed E-state index contributed by atoms with van der Waals surface area (Å²) in [4.78, 5) is 36.9. The number of azo groups is 1. The van der Waals surface area contributed by atoms with Crippen molar-refractivity contribution in [3.63, 3.8) is 0 Å². The van der Waals surface area contributed by atoms with Crippen LogP contribution < -0.4 is 15.4 Å². The van der Waals surface area contributed by atoms with Crippen molar-refractivity contribution in [2.45, 2.75) is 131 Å². The second-order valence-corrected chi connectivity index (χ2v) is 11.6. The zero-order chi connectivity index (χ0) is 42.0. The Balaban J connectivity index is -0.00000110. The van der Waals surface area contributed by atoms with Gasteiger partial charge in [-0.05, 0) is 87.9 Å². The Labute approximate surface area is 323 Å². The van der Waals surface area contributed by atoms with Crippen LogP contribution in [0.15, 0.2) is 95.0 Å². The number of amides is 2. The van der Waals surface area contributed by atoms with Crippen LogP contribution in [0.3, 0.4) is 0 Å². The van der Waals surface area contributed by atoms with Gasteiger partial charge in [-0.2, -0.15) is 10.2 Å². The van der Waals surface area contributed by atoms with Gasteiger partial charge in [-0.1, -0.05) is 116 Å². The van der Waals surface area contributed by atoms with E-state index < -0.39 is 10.8 Å². The zero-order valence-corrected chi connectivity index (χ0v) is 36.3. The van der Waals surface area contributed by atoms with E-state index in [1.807, 2.05) is 118 Å². The normalized spacial score (nSPS) is 10.5. The van der Waals surface area contributed by atoms with Gasteiger partial charge in [0.05, 0.1) is 16.8 Å². The Morgan fingerprint density at radius 1 is 0.774 bits per heavy atom. The highest BCUT2D eigenvalue weighted by molar-refractivity contribution is 6.04. The van der Waals surface area contributed by atoms with Crippen molar-refractivity contribution >= 4 is 29.2 Å². The number of rotatable bonds is 14. The molecule has 2 aromatic rings. The molecule has 0 heterocycles. The average molecular weight is 739 g/mol. The van der Waals surface area contributed by atoms with E-state index >= 15 is 0 Å². The standard InChI is InChI=1S/C34H44N4O5.5C2H6/c1-9-21-34(7,8)32(41)43-23-22-42-29-19-12-25(13-20-29)30(39)36-27-15-17-28(18-16-27)38-37-26(10-2)14-11-24(3)35-31(40)33(4,5)6;5*1-2/h10-20H,3,9,21-23H2,1-2,4-8H3,(H,35,40)(H,36,39);5*1-2H3/b14-11-,26-10+,38-37?;;;;;. The fraction of sp³-hybridized carbons (Fsp3) is 0.523. The van der Waals surface area contributed by atoms with Gasteiger partial charge in [0, 0.05) is 22.4 Å². The summed E-state index contributed by atoms with van der Waals surface area (Å²) in [6.07, 6.45) is 6.84. The van der Waals surface area contributed by atoms with Gasteiger partial charge in [-0.3, -0.25) is 14.4 Å². The molecule has 0 radical (unpaired) electrons. The number of nitrogens with zero attached hydrogens (tertiary/aromatic N) is 2. The van der Waals surface area contributed by atoms with E-state index in [2.05, 4.69) is 27.4 Å². The summed E-state index contributed by atoms with van der Waals surface area (Å²) < 4.78 is 11.0. The number of benzene rings is 2. The highest BCUT2D eigenvalue weighted by Gasteiger charge is 2.28. The molecule has 0 aliphatic heterocycles. The number of hydrogen-bond donors (Lipinski definition) is 2. The second-order valence-electron chi connectivity index (χ2n) is 11.6. The van der Waals surface area contributed by atoms with Crippen LogP contribution in [-0.4, -0.2) is 31.0 Å². The van der Waals surface area contributed by atoms with Crippen molar-refractivity contribution in [3.05, 3.63) is 90.3 Å². The van der Waals surface area contributed by atoms with E-state index in [0.29, 0.717) is 34.1 Å². The lowest BCUT2D eigenvalue weighted by atomic mass is 9.88. The molecule has 0 aliphatic carbocycles. The number of carbonyl (C=O) groups excluding carboxylic acids is 3. The Hall–Kier alpha value is -4.53. The molecule has 0 aliphatic rings. The maximum absolute atomic E-state index is 12.7. The van der Waals surface area contributed by atoms with E-state index in [-0.39, 0.29) is 31.0 Å². The number of carbonyl (C=O) groups is 3. The lowest BCUT2D eigenvalue weighted by molar-refractivity contribution is -0.155. The SMILES string of the molecule is C=C(/C=C\C(=C/C)N=Nc1ccc(NC(=O)c2ccc(OCCOC(=O)C(C)(C)CCC)cc2)cc1)NC(=O)C(C)(C)C.CC.CC.CC.CC.CC. The zero-order valence-electron chi connectivity index (χ0n) is 36.3. The number of hydrogen-bond acceptors (Lipinski definition) is 7. The number of anilines is 1. The largest absolute Gasteiger partial charge is 0.490 e. The molecule has 2 N–H and O–H groups in total. The lowest BCUT2D eigenvalue weighted by Gasteiger charge is -2.21. The van der Waals surface area contributed by atoms with Crippen molar-refractivity contribution < 1.29 is 23.9 Å². The van der Waals surface area contributed by atoms with Crippen LogP contribution in [-0.2, 0) is 14.3 Å². The molecule has 2 rings (SSSR count). The Bertz CT molecular complexity index is 1350. The van der Waals surface area contributed by atoms with Gasteiger partial charge in [-0.15, -0.1) is 0 Å². The summed E-state index contributed by atoms with van der Waals surface area (Å²) in [7, 11) is 0. The number of esters is 1. The molecule has 9 heteroatoms. The minimum atomic E-state index is -0.517. The monoisotopic (exact) mass is 739 g/mol. The highest BCUT2D eigenvalue weighted by atomic mass is 16.6. The smallest absolute Gasteiger partial charge is 0.311 e. The topological polar surface area (TPSA) is 118 Å². The van der Waals surface area contributed by atoms with Crippen LogP contribution in [0.25, 0.3) is 0 Å². The first-order valence-corrected chi connectivity index (χ1v) is 19.3. The number of nitrogens with one attached hydrogen (secondary N) is 2. The molecule has 300 valence electrons. The van der Waals surface area contributed by atoms with E-state index in [0.717, 1.165) is 12.8 Å². The molecule has 0 unspecified atom stereocenters. The van der Waals surface area contributed by atoms with Crippen LogP contribution in [0, 0.1) is 10.8 Å². The molecule has 0 saturated carbocycles. The van der Waals surface area contributed by atoms with Crippen LogP contribution in [0.2, 0.25) is 0 Å². The van der Waals surface area contributed by atoms with Crippen molar-refractivity contribution in [1.82, 2.24) is 5.32 Å². The molecular weight excluding hydrogens is 665 g/mol. The number of allylic oxidation sites excluding steroid dienone is 3. The summed E-state index contributed by atoms with van der Waals surface area (Å²) in [5.41, 5.74) is 1.70. The molecule has 0 aromatic heterocycles. The predicted octanol–water partition coefficient (Wildman–Crippen LogP) is 13.0.